The van der Waals surface area contributed by atoms with E-state index in [0.29, 0.717) is 13.1 Å². The molecule has 0 amide bonds. The number of aliphatic hydroxyl groups excluding tert-OH is 1. The number of rotatable bonds is 7. The predicted octanol–water partition coefficient (Wildman–Crippen LogP) is 0.912. The molecule has 90 valence electrons. The van der Waals surface area contributed by atoms with Gasteiger partial charge in [0.1, 0.15) is 0 Å². The summed E-state index contributed by atoms with van der Waals surface area (Å²) < 4.78 is 1.82. The molecular formula is C12H20N2O2. The average Bonchev–Trinajstić information content (AvgIpc) is 2.65. The highest BCUT2D eigenvalue weighted by molar-refractivity contribution is 5.96. The third kappa shape index (κ3) is 3.47. The lowest BCUT2D eigenvalue weighted by atomic mass is 10.2. The molecule has 4 heteroatoms. The molecule has 0 unspecified atom stereocenters. The largest absolute Gasteiger partial charge is 0.395 e. The summed E-state index contributed by atoms with van der Waals surface area (Å²) in [5.41, 5.74) is 0.721. The van der Waals surface area contributed by atoms with Crippen LogP contribution in [0.3, 0.4) is 0 Å². The number of ketones is 1. The van der Waals surface area contributed by atoms with Crippen molar-refractivity contribution in [3.63, 3.8) is 0 Å². The van der Waals surface area contributed by atoms with Gasteiger partial charge in [-0.05, 0) is 25.1 Å². The maximum Gasteiger partial charge on any atom is 0.193 e. The number of nitrogens with zero attached hydrogens (tertiary/aromatic N) is 2. The second kappa shape index (κ2) is 6.45. The number of aryl methyl sites for hydroxylation is 1. The monoisotopic (exact) mass is 224 g/mol. The molecule has 1 aromatic heterocycles. The summed E-state index contributed by atoms with van der Waals surface area (Å²) >= 11 is 0. The van der Waals surface area contributed by atoms with Crippen molar-refractivity contribution in [2.24, 2.45) is 7.05 Å². The Labute approximate surface area is 96.5 Å². The van der Waals surface area contributed by atoms with Gasteiger partial charge in [-0.3, -0.25) is 9.69 Å². The zero-order valence-corrected chi connectivity index (χ0v) is 10.0. The molecule has 0 aliphatic carbocycles. The molecule has 1 aromatic rings. The standard InChI is InChI=1S/C12H20N2O2/c1-3-6-14(8-9-15)10-12(16)11-5-4-7-13(11)2/h4-5,7,15H,3,6,8-10H2,1-2H3. The molecule has 0 fully saturated rings. The number of carbonyl (C=O) groups excluding carboxylic acids is 1. The summed E-state index contributed by atoms with van der Waals surface area (Å²) in [6.07, 6.45) is 2.85. The quantitative estimate of drug-likeness (QED) is 0.700. The first kappa shape index (κ1) is 12.9. The molecule has 0 bridgehead atoms. The fraction of sp³-hybridized carbons (Fsp3) is 0.583. The van der Waals surface area contributed by atoms with Crippen molar-refractivity contribution in [3.05, 3.63) is 24.0 Å². The van der Waals surface area contributed by atoms with Crippen LogP contribution in [0, 0.1) is 0 Å². The van der Waals surface area contributed by atoms with Crippen molar-refractivity contribution >= 4 is 5.78 Å². The van der Waals surface area contributed by atoms with E-state index in [4.69, 9.17) is 5.11 Å². The van der Waals surface area contributed by atoms with Crippen molar-refractivity contribution in [3.8, 4) is 0 Å². The van der Waals surface area contributed by atoms with Crippen molar-refractivity contribution in [1.82, 2.24) is 9.47 Å². The van der Waals surface area contributed by atoms with Gasteiger partial charge in [0.2, 0.25) is 0 Å². The second-order valence-electron chi connectivity index (χ2n) is 3.93. The zero-order chi connectivity index (χ0) is 12.0. The van der Waals surface area contributed by atoms with Crippen LogP contribution in [0.15, 0.2) is 18.3 Å². The lowest BCUT2D eigenvalue weighted by Crippen LogP contribution is -2.33. The zero-order valence-electron chi connectivity index (χ0n) is 10.0. The van der Waals surface area contributed by atoms with E-state index in [-0.39, 0.29) is 12.4 Å². The fourth-order valence-electron chi connectivity index (χ4n) is 1.76. The van der Waals surface area contributed by atoms with E-state index in [9.17, 15) is 4.79 Å². The molecule has 4 nitrogen and oxygen atoms in total. The van der Waals surface area contributed by atoms with Gasteiger partial charge in [0.15, 0.2) is 5.78 Å². The molecule has 0 radical (unpaired) electrons. The van der Waals surface area contributed by atoms with E-state index >= 15 is 0 Å². The van der Waals surface area contributed by atoms with Gasteiger partial charge in [0.05, 0.1) is 18.8 Å². The number of carbonyl (C=O) groups is 1. The maximum absolute atomic E-state index is 11.9. The molecule has 0 saturated heterocycles. The summed E-state index contributed by atoms with van der Waals surface area (Å²) in [7, 11) is 1.86. The Hall–Kier alpha value is -1.13. The Kier molecular flexibility index (Phi) is 5.22. The molecule has 0 aliphatic rings. The number of aliphatic hydroxyl groups is 1. The topological polar surface area (TPSA) is 45.5 Å². The van der Waals surface area contributed by atoms with Gasteiger partial charge in [-0.2, -0.15) is 0 Å². The molecule has 16 heavy (non-hydrogen) atoms. The van der Waals surface area contributed by atoms with Crippen LogP contribution in [0.25, 0.3) is 0 Å². The number of Topliss-reactive ketones (excluding diaryl/α,β-unsaturated/α-hetero) is 1. The highest BCUT2D eigenvalue weighted by Gasteiger charge is 2.13. The molecule has 0 atom stereocenters. The van der Waals surface area contributed by atoms with Gasteiger partial charge in [0, 0.05) is 19.8 Å². The lowest BCUT2D eigenvalue weighted by molar-refractivity contribution is 0.0907. The van der Waals surface area contributed by atoms with E-state index in [1.54, 1.807) is 0 Å². The highest BCUT2D eigenvalue weighted by atomic mass is 16.3. The summed E-state index contributed by atoms with van der Waals surface area (Å²) in [6, 6.07) is 3.69. The molecule has 1 heterocycles. The van der Waals surface area contributed by atoms with Crippen LogP contribution in [-0.4, -0.2) is 46.6 Å². The van der Waals surface area contributed by atoms with Crippen LogP contribution in [0.5, 0.6) is 0 Å². The molecule has 0 saturated carbocycles. The normalized spacial score (nSPS) is 11.0. The minimum atomic E-state index is 0.0976. The molecule has 1 rings (SSSR count). The van der Waals surface area contributed by atoms with Gasteiger partial charge >= 0.3 is 0 Å². The van der Waals surface area contributed by atoms with E-state index in [1.807, 2.05) is 34.8 Å². The minimum absolute atomic E-state index is 0.0976. The van der Waals surface area contributed by atoms with Crippen LogP contribution >= 0.6 is 0 Å². The van der Waals surface area contributed by atoms with Gasteiger partial charge < -0.3 is 9.67 Å². The third-order valence-electron chi connectivity index (χ3n) is 2.55. The minimum Gasteiger partial charge on any atom is -0.395 e. The van der Waals surface area contributed by atoms with E-state index in [2.05, 4.69) is 6.92 Å². The number of hydrogen-bond donors (Lipinski definition) is 1. The average molecular weight is 224 g/mol. The van der Waals surface area contributed by atoms with Crippen molar-refractivity contribution in [2.75, 3.05) is 26.2 Å². The molecule has 0 aromatic carbocycles. The maximum atomic E-state index is 11.9. The van der Waals surface area contributed by atoms with Crippen molar-refractivity contribution < 1.29 is 9.90 Å². The Morgan fingerprint density at radius 2 is 2.25 bits per heavy atom. The van der Waals surface area contributed by atoms with E-state index in [0.717, 1.165) is 18.7 Å². The first-order valence-corrected chi connectivity index (χ1v) is 5.66. The number of hydrogen-bond acceptors (Lipinski definition) is 3. The van der Waals surface area contributed by atoms with Gasteiger partial charge in [-0.1, -0.05) is 6.92 Å². The van der Waals surface area contributed by atoms with Crippen LogP contribution in [0.2, 0.25) is 0 Å². The molecule has 1 N–H and O–H groups in total. The second-order valence-corrected chi connectivity index (χ2v) is 3.93. The van der Waals surface area contributed by atoms with Crippen molar-refractivity contribution in [1.29, 1.82) is 0 Å². The third-order valence-corrected chi connectivity index (χ3v) is 2.55. The predicted molar refractivity (Wildman–Crippen MR) is 63.6 cm³/mol. The van der Waals surface area contributed by atoms with E-state index in [1.165, 1.54) is 0 Å². The molecule has 0 aliphatic heterocycles. The summed E-state index contributed by atoms with van der Waals surface area (Å²) in [6.45, 7) is 3.95. The SMILES string of the molecule is CCCN(CCO)CC(=O)c1cccn1C. The van der Waals surface area contributed by atoms with Crippen LogP contribution in [0.1, 0.15) is 23.8 Å². The Morgan fingerprint density at radius 1 is 1.50 bits per heavy atom. The molecule has 0 spiro atoms. The lowest BCUT2D eigenvalue weighted by Gasteiger charge is -2.19. The Balaban J connectivity index is 2.58. The smallest absolute Gasteiger partial charge is 0.193 e. The van der Waals surface area contributed by atoms with Crippen molar-refractivity contribution in [2.45, 2.75) is 13.3 Å². The number of aromatic nitrogens is 1. The van der Waals surface area contributed by atoms with E-state index < -0.39 is 0 Å². The summed E-state index contributed by atoms with van der Waals surface area (Å²) in [5.74, 6) is 0.106. The Bertz CT molecular complexity index is 328. The van der Waals surface area contributed by atoms with Crippen LogP contribution < -0.4 is 0 Å². The van der Waals surface area contributed by atoms with Crippen LogP contribution in [-0.2, 0) is 7.05 Å². The summed E-state index contributed by atoms with van der Waals surface area (Å²) in [4.78, 5) is 13.9. The van der Waals surface area contributed by atoms with Gasteiger partial charge in [-0.25, -0.2) is 0 Å². The first-order valence-electron chi connectivity index (χ1n) is 5.66. The van der Waals surface area contributed by atoms with Gasteiger partial charge in [0.25, 0.3) is 0 Å². The van der Waals surface area contributed by atoms with Crippen LogP contribution in [0.4, 0.5) is 0 Å². The molecular weight excluding hydrogens is 204 g/mol. The van der Waals surface area contributed by atoms with Gasteiger partial charge in [-0.15, -0.1) is 0 Å². The fourth-order valence-corrected chi connectivity index (χ4v) is 1.76. The Morgan fingerprint density at radius 3 is 2.75 bits per heavy atom. The first-order chi connectivity index (χ1) is 7.69. The highest BCUT2D eigenvalue weighted by Crippen LogP contribution is 2.03. The summed E-state index contributed by atoms with van der Waals surface area (Å²) in [5, 5.41) is 8.90.